The highest BCUT2D eigenvalue weighted by atomic mass is 16.6. The van der Waals surface area contributed by atoms with E-state index in [1.54, 1.807) is 6.92 Å². The van der Waals surface area contributed by atoms with Gasteiger partial charge in [0.2, 0.25) is 0 Å². The number of cyclic esters (lactones) is 1. The van der Waals surface area contributed by atoms with Gasteiger partial charge in [-0.15, -0.1) is 0 Å². The van der Waals surface area contributed by atoms with E-state index in [0.717, 1.165) is 25.7 Å². The van der Waals surface area contributed by atoms with Crippen LogP contribution in [0.25, 0.3) is 0 Å². The van der Waals surface area contributed by atoms with Gasteiger partial charge in [0.05, 0.1) is 18.3 Å². The molecule has 0 radical (unpaired) electrons. The Balaban J connectivity index is 1.88. The monoisotopic (exact) mass is 426 g/mol. The average Bonchev–Trinajstić information content (AvgIpc) is 3.45. The van der Waals surface area contributed by atoms with Gasteiger partial charge < -0.3 is 24.8 Å². The van der Waals surface area contributed by atoms with Gasteiger partial charge in [0, 0.05) is 12.5 Å². The fraction of sp³-hybridized carbons (Fsp3) is 0.875. The third-order valence-corrected chi connectivity index (χ3v) is 6.08. The summed E-state index contributed by atoms with van der Waals surface area (Å²) in [4.78, 5) is 12.2. The molecule has 0 spiro atoms. The Bertz CT molecular complexity index is 506. The van der Waals surface area contributed by atoms with Crippen LogP contribution in [0.3, 0.4) is 0 Å². The van der Waals surface area contributed by atoms with E-state index in [-0.39, 0.29) is 24.7 Å². The van der Waals surface area contributed by atoms with Crippen molar-refractivity contribution in [3.8, 4) is 0 Å². The van der Waals surface area contributed by atoms with Gasteiger partial charge in [-0.2, -0.15) is 0 Å². The van der Waals surface area contributed by atoms with E-state index in [4.69, 9.17) is 9.47 Å². The van der Waals surface area contributed by atoms with Gasteiger partial charge in [-0.3, -0.25) is 0 Å². The zero-order chi connectivity index (χ0) is 21.8. The van der Waals surface area contributed by atoms with Crippen molar-refractivity contribution in [1.82, 2.24) is 0 Å². The number of epoxide rings is 1. The Hall–Kier alpha value is -0.950. The lowest BCUT2D eigenvalue weighted by Crippen LogP contribution is -2.26. The molecule has 0 amide bonds. The summed E-state index contributed by atoms with van der Waals surface area (Å²) in [6.45, 7) is 1.64. The van der Waals surface area contributed by atoms with Crippen molar-refractivity contribution >= 4 is 5.97 Å². The lowest BCUT2D eigenvalue weighted by atomic mass is 10.00. The standard InChI is InChI=1S/C24H42O6/c1-18(25)16-19(26)17-20-12-10-8-6-4-2-3-5-7-9-11-13-22-24(30-22)21(27)14-15-23(28)29-20/h14-15,18-22,24-27H,2-13,16-17H2,1H3/b15-14-/t18-,19-,20+,21-,22+,24+/m1/s1. The maximum Gasteiger partial charge on any atom is 0.330 e. The van der Waals surface area contributed by atoms with Crippen LogP contribution in [0.5, 0.6) is 0 Å². The molecule has 0 aromatic heterocycles. The van der Waals surface area contributed by atoms with Crippen LogP contribution in [-0.2, 0) is 14.3 Å². The van der Waals surface area contributed by atoms with Crippen molar-refractivity contribution in [2.75, 3.05) is 0 Å². The van der Waals surface area contributed by atoms with E-state index in [1.165, 1.54) is 57.1 Å². The Kier molecular flexibility index (Phi) is 12.0. The Morgan fingerprint density at radius 2 is 1.53 bits per heavy atom. The largest absolute Gasteiger partial charge is 0.459 e. The molecule has 2 aliphatic rings. The van der Waals surface area contributed by atoms with Gasteiger partial charge in [-0.25, -0.2) is 4.79 Å². The lowest BCUT2D eigenvalue weighted by molar-refractivity contribution is -0.145. The minimum absolute atomic E-state index is 0.0923. The number of aliphatic hydroxyl groups is 3. The van der Waals surface area contributed by atoms with Crippen molar-refractivity contribution < 1.29 is 29.6 Å². The fourth-order valence-corrected chi connectivity index (χ4v) is 4.33. The van der Waals surface area contributed by atoms with Crippen molar-refractivity contribution in [3.05, 3.63) is 12.2 Å². The van der Waals surface area contributed by atoms with Crippen LogP contribution in [0, 0.1) is 0 Å². The number of fused-ring (bicyclic) bond motifs is 1. The van der Waals surface area contributed by atoms with Crippen LogP contribution < -0.4 is 0 Å². The average molecular weight is 427 g/mol. The van der Waals surface area contributed by atoms with Crippen LogP contribution in [-0.4, -0.2) is 57.9 Å². The minimum Gasteiger partial charge on any atom is -0.459 e. The number of esters is 1. The molecule has 1 fully saturated rings. The number of hydrogen-bond acceptors (Lipinski definition) is 6. The van der Waals surface area contributed by atoms with Crippen LogP contribution in [0.2, 0.25) is 0 Å². The van der Waals surface area contributed by atoms with E-state index in [0.29, 0.717) is 12.8 Å². The maximum absolute atomic E-state index is 12.2. The number of ether oxygens (including phenoxy) is 2. The zero-order valence-corrected chi connectivity index (χ0v) is 18.6. The van der Waals surface area contributed by atoms with E-state index >= 15 is 0 Å². The van der Waals surface area contributed by atoms with E-state index in [1.807, 2.05) is 0 Å². The third kappa shape index (κ3) is 10.9. The summed E-state index contributed by atoms with van der Waals surface area (Å²) in [5.41, 5.74) is 0. The van der Waals surface area contributed by atoms with Crippen molar-refractivity contribution in [2.45, 2.75) is 133 Å². The highest BCUT2D eigenvalue weighted by molar-refractivity contribution is 5.82. The van der Waals surface area contributed by atoms with Crippen molar-refractivity contribution in [3.63, 3.8) is 0 Å². The molecule has 0 aromatic rings. The first-order valence-corrected chi connectivity index (χ1v) is 12.0. The number of carbonyl (C=O) groups excluding carboxylic acids is 1. The minimum atomic E-state index is -0.799. The summed E-state index contributed by atoms with van der Waals surface area (Å²) >= 11 is 0. The van der Waals surface area contributed by atoms with Gasteiger partial charge in [0.25, 0.3) is 0 Å². The maximum atomic E-state index is 12.2. The van der Waals surface area contributed by atoms with Crippen LogP contribution >= 0.6 is 0 Å². The smallest absolute Gasteiger partial charge is 0.330 e. The number of aliphatic hydroxyl groups excluding tert-OH is 3. The number of rotatable bonds is 4. The van der Waals surface area contributed by atoms with Crippen LogP contribution in [0.4, 0.5) is 0 Å². The molecule has 6 heteroatoms. The SMILES string of the molecule is C[C@@H](O)C[C@@H](O)C[C@@H]1CCCCCCCCCCCC[C@@H]2O[C@H]2[C@H](O)/C=C\C(=O)O1. The van der Waals surface area contributed by atoms with Gasteiger partial charge in [-0.05, 0) is 38.7 Å². The Morgan fingerprint density at radius 1 is 0.967 bits per heavy atom. The highest BCUT2D eigenvalue weighted by Gasteiger charge is 2.42. The molecule has 0 unspecified atom stereocenters. The Labute approximate surface area is 181 Å². The summed E-state index contributed by atoms with van der Waals surface area (Å²) in [5.74, 6) is -0.505. The molecule has 2 rings (SSSR count). The summed E-state index contributed by atoms with van der Waals surface area (Å²) < 4.78 is 11.1. The first-order valence-electron chi connectivity index (χ1n) is 12.0. The summed E-state index contributed by atoms with van der Waals surface area (Å²) in [6, 6.07) is 0. The lowest BCUT2D eigenvalue weighted by Gasteiger charge is -2.21. The first kappa shape index (κ1) is 25.3. The van der Waals surface area contributed by atoms with Crippen LogP contribution in [0.1, 0.15) is 96.8 Å². The number of hydrogen-bond donors (Lipinski definition) is 3. The molecule has 6 nitrogen and oxygen atoms in total. The number of carbonyl (C=O) groups is 1. The van der Waals surface area contributed by atoms with E-state index in [2.05, 4.69) is 0 Å². The topological polar surface area (TPSA) is 99.5 Å². The first-order chi connectivity index (χ1) is 14.5. The van der Waals surface area contributed by atoms with Gasteiger partial charge >= 0.3 is 5.97 Å². The molecule has 3 N–H and O–H groups in total. The quantitative estimate of drug-likeness (QED) is 0.467. The summed E-state index contributed by atoms with van der Waals surface area (Å²) in [5, 5.41) is 29.9. The molecular formula is C24H42O6. The molecule has 30 heavy (non-hydrogen) atoms. The molecule has 1 saturated heterocycles. The van der Waals surface area contributed by atoms with Gasteiger partial charge in [-0.1, -0.05) is 57.8 Å². The summed E-state index contributed by atoms with van der Waals surface area (Å²) in [7, 11) is 0. The normalized spacial score (nSPS) is 33.5. The second-order valence-electron chi connectivity index (χ2n) is 9.13. The zero-order valence-electron chi connectivity index (χ0n) is 18.6. The van der Waals surface area contributed by atoms with Crippen molar-refractivity contribution in [2.24, 2.45) is 0 Å². The third-order valence-electron chi connectivity index (χ3n) is 6.08. The van der Waals surface area contributed by atoms with Crippen LogP contribution in [0.15, 0.2) is 12.2 Å². The van der Waals surface area contributed by atoms with E-state index in [9.17, 15) is 20.1 Å². The predicted molar refractivity (Wildman–Crippen MR) is 116 cm³/mol. The molecule has 2 heterocycles. The summed E-state index contributed by atoms with van der Waals surface area (Å²) in [6.07, 6.45) is 14.3. The van der Waals surface area contributed by atoms with Gasteiger partial charge in [0.1, 0.15) is 18.3 Å². The second-order valence-corrected chi connectivity index (χ2v) is 9.13. The van der Waals surface area contributed by atoms with Gasteiger partial charge in [0.15, 0.2) is 0 Å². The Morgan fingerprint density at radius 3 is 2.13 bits per heavy atom. The van der Waals surface area contributed by atoms with Crippen molar-refractivity contribution in [1.29, 1.82) is 0 Å². The predicted octanol–water partition coefficient (Wildman–Crippen LogP) is 3.80. The highest BCUT2D eigenvalue weighted by Crippen LogP contribution is 2.31. The molecule has 0 aromatic carbocycles. The van der Waals surface area contributed by atoms with E-state index < -0.39 is 24.3 Å². The molecule has 0 saturated carbocycles. The molecule has 0 bridgehead atoms. The molecular weight excluding hydrogens is 384 g/mol. The molecule has 0 aliphatic carbocycles. The molecule has 174 valence electrons. The molecule has 6 atom stereocenters. The second kappa shape index (κ2) is 14.2. The fourth-order valence-electron chi connectivity index (χ4n) is 4.33. The molecule has 2 aliphatic heterocycles.